The van der Waals surface area contributed by atoms with Crippen molar-refractivity contribution in [2.45, 2.75) is 59.0 Å². The summed E-state index contributed by atoms with van der Waals surface area (Å²) in [6, 6.07) is 12.0. The van der Waals surface area contributed by atoms with E-state index in [9.17, 15) is 4.79 Å². The van der Waals surface area contributed by atoms with E-state index in [1.807, 2.05) is 49.9 Å². The molecule has 3 heterocycles. The van der Waals surface area contributed by atoms with E-state index < -0.39 is 0 Å². The average Bonchev–Trinajstić information content (AvgIpc) is 2.87. The van der Waals surface area contributed by atoms with E-state index in [0.29, 0.717) is 23.2 Å². The minimum atomic E-state index is 0.0372. The summed E-state index contributed by atoms with van der Waals surface area (Å²) < 4.78 is 6.27. The number of nitrogens with one attached hydrogen (secondary N) is 2. The number of likely N-dealkylation sites (tertiary alicyclic amines) is 2. The van der Waals surface area contributed by atoms with E-state index >= 15 is 0 Å². The first-order chi connectivity index (χ1) is 18.8. The van der Waals surface area contributed by atoms with Crippen LogP contribution in [0.2, 0.25) is 0 Å². The van der Waals surface area contributed by atoms with Crippen molar-refractivity contribution in [1.82, 2.24) is 19.8 Å². The molecule has 0 radical (unpaired) electrons. The predicted molar refractivity (Wildman–Crippen MR) is 157 cm³/mol. The second-order valence-corrected chi connectivity index (χ2v) is 11.1. The van der Waals surface area contributed by atoms with Gasteiger partial charge in [-0.25, -0.2) is 4.98 Å². The van der Waals surface area contributed by atoms with E-state index in [4.69, 9.17) is 9.72 Å². The van der Waals surface area contributed by atoms with E-state index in [0.717, 1.165) is 68.1 Å². The molecular formula is C31H40N6O2. The van der Waals surface area contributed by atoms with Gasteiger partial charge in [-0.05, 0) is 108 Å². The number of nitrogens with zero attached hydrogens (tertiary/aromatic N) is 4. The molecule has 0 spiro atoms. The number of para-hydroxylation sites is 1. The van der Waals surface area contributed by atoms with Gasteiger partial charge in [-0.15, -0.1) is 0 Å². The van der Waals surface area contributed by atoms with E-state index in [1.54, 1.807) is 6.20 Å². The Labute approximate surface area is 231 Å². The number of benzene rings is 2. The summed E-state index contributed by atoms with van der Waals surface area (Å²) in [5.74, 6) is 2.52. The number of aryl methyl sites for hydroxylation is 2. The third-order valence-corrected chi connectivity index (χ3v) is 7.66. The zero-order chi connectivity index (χ0) is 27.5. The Balaban J connectivity index is 1.41. The third-order valence-electron chi connectivity index (χ3n) is 7.66. The van der Waals surface area contributed by atoms with Gasteiger partial charge in [0.2, 0.25) is 5.95 Å². The number of piperidine rings is 1. The maximum atomic E-state index is 13.0. The summed E-state index contributed by atoms with van der Waals surface area (Å²) in [5.41, 5.74) is 5.73. The molecule has 1 amide bonds. The number of hydrogen-bond donors (Lipinski definition) is 2. The first kappa shape index (κ1) is 26.9. The first-order valence-electron chi connectivity index (χ1n) is 14.0. The van der Waals surface area contributed by atoms with Crippen LogP contribution >= 0.6 is 0 Å². The Morgan fingerprint density at radius 1 is 1.00 bits per heavy atom. The van der Waals surface area contributed by atoms with Gasteiger partial charge in [0.05, 0.1) is 23.0 Å². The summed E-state index contributed by atoms with van der Waals surface area (Å²) >= 11 is 0. The second-order valence-electron chi connectivity index (χ2n) is 11.1. The van der Waals surface area contributed by atoms with Crippen molar-refractivity contribution in [2.75, 3.05) is 43.9 Å². The van der Waals surface area contributed by atoms with E-state index in [-0.39, 0.29) is 12.0 Å². The maximum Gasteiger partial charge on any atom is 0.255 e. The van der Waals surface area contributed by atoms with Crippen molar-refractivity contribution in [2.24, 2.45) is 0 Å². The van der Waals surface area contributed by atoms with Crippen molar-refractivity contribution >= 4 is 29.0 Å². The summed E-state index contributed by atoms with van der Waals surface area (Å²) in [5, 5.41) is 6.80. The van der Waals surface area contributed by atoms with Crippen LogP contribution in [0.5, 0.6) is 5.75 Å². The fourth-order valence-electron chi connectivity index (χ4n) is 5.26. The summed E-state index contributed by atoms with van der Waals surface area (Å²) in [4.78, 5) is 26.6. The van der Waals surface area contributed by atoms with Crippen LogP contribution < -0.4 is 15.4 Å². The molecule has 5 rings (SSSR count). The molecule has 2 aromatic carbocycles. The van der Waals surface area contributed by atoms with Gasteiger partial charge in [-0.3, -0.25) is 4.79 Å². The molecule has 2 fully saturated rings. The standard InChI is InChI=1S/C31H40N6O2/c1-20(2)39-28-18-25(23-11-15-36(5)16-12-23)21(3)17-27(28)34-31-32-19-22(4)29(35-31)33-26-10-7-6-9-24(26)30(38)37-13-8-14-37/h6-7,9-10,17-20,23H,8,11-16H2,1-5H3,(H2,32,33,34,35). The number of carbonyl (C=O) groups is 1. The number of aromatic nitrogens is 2. The number of anilines is 4. The SMILES string of the molecule is Cc1cc(Nc2ncc(C)c(Nc3ccccc3C(=O)N3CCC3)n2)c(OC(C)C)cc1C1CCN(C)CC1. The highest BCUT2D eigenvalue weighted by Gasteiger charge is 2.25. The maximum absolute atomic E-state index is 13.0. The number of hydrogen-bond acceptors (Lipinski definition) is 7. The molecule has 8 heteroatoms. The number of carbonyl (C=O) groups excluding carboxylic acids is 1. The van der Waals surface area contributed by atoms with Crippen LogP contribution in [0.1, 0.15) is 66.1 Å². The molecule has 0 atom stereocenters. The molecule has 1 aromatic heterocycles. The van der Waals surface area contributed by atoms with E-state index in [2.05, 4.69) is 46.6 Å². The largest absolute Gasteiger partial charge is 0.489 e. The van der Waals surface area contributed by atoms with Crippen LogP contribution in [0.4, 0.5) is 23.1 Å². The third kappa shape index (κ3) is 6.17. The fourth-order valence-corrected chi connectivity index (χ4v) is 5.26. The van der Waals surface area contributed by atoms with Crippen LogP contribution in [0.15, 0.2) is 42.6 Å². The zero-order valence-corrected chi connectivity index (χ0v) is 23.8. The van der Waals surface area contributed by atoms with Crippen LogP contribution in [0.25, 0.3) is 0 Å². The van der Waals surface area contributed by atoms with Gasteiger partial charge < -0.3 is 25.2 Å². The van der Waals surface area contributed by atoms with Gasteiger partial charge >= 0.3 is 0 Å². The van der Waals surface area contributed by atoms with Crippen molar-refractivity contribution in [3.05, 3.63) is 64.8 Å². The molecule has 2 aliphatic heterocycles. The Morgan fingerprint density at radius 2 is 1.74 bits per heavy atom. The number of ether oxygens (including phenoxy) is 1. The topological polar surface area (TPSA) is 82.6 Å². The van der Waals surface area contributed by atoms with Gasteiger partial charge in [-0.1, -0.05) is 12.1 Å². The molecule has 0 saturated carbocycles. The minimum absolute atomic E-state index is 0.0372. The summed E-state index contributed by atoms with van der Waals surface area (Å²) in [7, 11) is 2.19. The normalized spacial score (nSPS) is 16.2. The van der Waals surface area contributed by atoms with Crippen LogP contribution in [0.3, 0.4) is 0 Å². The molecule has 206 valence electrons. The molecule has 0 aliphatic carbocycles. The highest BCUT2D eigenvalue weighted by molar-refractivity contribution is 6.00. The molecule has 0 bridgehead atoms. The molecule has 2 N–H and O–H groups in total. The van der Waals surface area contributed by atoms with E-state index in [1.165, 1.54) is 11.1 Å². The molecule has 3 aromatic rings. The lowest BCUT2D eigenvalue weighted by atomic mass is 9.86. The van der Waals surface area contributed by atoms with Crippen LogP contribution in [0, 0.1) is 13.8 Å². The lowest BCUT2D eigenvalue weighted by molar-refractivity contribution is 0.0653. The second kappa shape index (κ2) is 11.6. The molecule has 8 nitrogen and oxygen atoms in total. The van der Waals surface area contributed by atoms with Crippen molar-refractivity contribution in [3.8, 4) is 5.75 Å². The Bertz CT molecular complexity index is 1330. The Hall–Kier alpha value is -3.65. The average molecular weight is 529 g/mol. The smallest absolute Gasteiger partial charge is 0.255 e. The quantitative estimate of drug-likeness (QED) is 0.370. The number of rotatable bonds is 8. The van der Waals surface area contributed by atoms with Gasteiger partial charge in [0.25, 0.3) is 5.91 Å². The predicted octanol–water partition coefficient (Wildman–Crippen LogP) is 6.02. The summed E-state index contributed by atoms with van der Waals surface area (Å²) in [6.07, 6.45) is 5.20. The zero-order valence-electron chi connectivity index (χ0n) is 23.8. The monoisotopic (exact) mass is 528 g/mol. The van der Waals surface area contributed by atoms with Gasteiger partial charge in [0.15, 0.2) is 0 Å². The summed E-state index contributed by atoms with van der Waals surface area (Å²) in [6.45, 7) is 12.1. The van der Waals surface area contributed by atoms with Crippen molar-refractivity contribution in [3.63, 3.8) is 0 Å². The molecule has 2 aliphatic rings. The highest BCUT2D eigenvalue weighted by Crippen LogP contribution is 2.38. The first-order valence-corrected chi connectivity index (χ1v) is 14.0. The van der Waals surface area contributed by atoms with Crippen molar-refractivity contribution in [1.29, 1.82) is 0 Å². The van der Waals surface area contributed by atoms with Gasteiger partial charge in [0.1, 0.15) is 11.6 Å². The molecular weight excluding hydrogens is 488 g/mol. The Kier molecular flexibility index (Phi) is 8.02. The Morgan fingerprint density at radius 3 is 2.44 bits per heavy atom. The molecule has 39 heavy (non-hydrogen) atoms. The fraction of sp³-hybridized carbons (Fsp3) is 0.452. The van der Waals surface area contributed by atoms with Crippen molar-refractivity contribution < 1.29 is 9.53 Å². The highest BCUT2D eigenvalue weighted by atomic mass is 16.5. The van der Waals surface area contributed by atoms with Crippen LogP contribution in [-0.2, 0) is 0 Å². The lowest BCUT2D eigenvalue weighted by Crippen LogP contribution is -2.42. The molecule has 2 saturated heterocycles. The lowest BCUT2D eigenvalue weighted by Gasteiger charge is -2.31. The number of amides is 1. The molecule has 0 unspecified atom stereocenters. The van der Waals surface area contributed by atoms with Crippen LogP contribution in [-0.4, -0.2) is 65.0 Å². The minimum Gasteiger partial charge on any atom is -0.489 e. The van der Waals surface area contributed by atoms with Gasteiger partial charge in [-0.2, -0.15) is 4.98 Å². The van der Waals surface area contributed by atoms with Gasteiger partial charge in [0, 0.05) is 24.8 Å².